The predicted octanol–water partition coefficient (Wildman–Crippen LogP) is 15.2. The third kappa shape index (κ3) is 4.32. The Hall–Kier alpha value is -7.76. The Kier molecular flexibility index (Phi) is 6.82. The molecule has 0 saturated heterocycles. The normalized spacial score (nSPS) is 17.0. The first-order chi connectivity index (χ1) is 33.2. The van der Waals surface area contributed by atoms with Crippen LogP contribution in [-0.4, -0.2) is 6.85 Å². The highest BCUT2D eigenvalue weighted by Gasteiger charge is 2.56. The molecule has 322 valence electrons. The Morgan fingerprint density at radius 3 is 1.87 bits per heavy atom. The van der Waals surface area contributed by atoms with E-state index in [4.69, 9.17) is 8.83 Å². The third-order valence-electron chi connectivity index (χ3n) is 17.1. The second-order valence-electron chi connectivity index (χ2n) is 21.3. The number of nitrogens with zero attached hydrogens (tertiary/aromatic N) is 2. The van der Waals surface area contributed by atoms with Gasteiger partial charge in [0, 0.05) is 38.8 Å². The maximum Gasteiger partial charge on any atom is 0.333 e. The van der Waals surface area contributed by atoms with E-state index in [2.05, 4.69) is 213 Å². The largest absolute Gasteiger partial charge is 0.456 e. The van der Waals surface area contributed by atoms with E-state index >= 15 is 0 Å². The van der Waals surface area contributed by atoms with Crippen molar-refractivity contribution in [3.8, 4) is 22.3 Å². The molecule has 5 heteroatoms. The SMILES string of the molecule is CC1(C)CCC(C)(C)c2cc(N3B4c5cccc6c5N(c5ccccc5C65c6ccccc6-c6ccccc65)c5c4c(cc4c5oc5ccccc54)-c4ccc5oc6ccccc6c5c43)ccc21. The Morgan fingerprint density at radius 1 is 0.441 bits per heavy atom. The van der Waals surface area contributed by atoms with Gasteiger partial charge in [0.2, 0.25) is 0 Å². The maximum atomic E-state index is 7.27. The fraction of sp³-hybridized carbons (Fsp3) is 0.143. The Labute approximate surface area is 395 Å². The first-order valence-corrected chi connectivity index (χ1v) is 24.3. The lowest BCUT2D eigenvalue weighted by Crippen LogP contribution is -2.62. The number of rotatable bonds is 1. The first-order valence-electron chi connectivity index (χ1n) is 24.3. The molecular formula is C63H45BN2O2. The number of anilines is 5. The molecule has 2 aromatic heterocycles. The van der Waals surface area contributed by atoms with E-state index in [-0.39, 0.29) is 17.7 Å². The van der Waals surface area contributed by atoms with Crippen molar-refractivity contribution >= 4 is 90.1 Å². The molecule has 0 atom stereocenters. The van der Waals surface area contributed by atoms with Crippen molar-refractivity contribution in [2.75, 3.05) is 9.71 Å². The van der Waals surface area contributed by atoms with Crippen LogP contribution in [0, 0.1) is 0 Å². The Balaban J connectivity index is 1.12. The van der Waals surface area contributed by atoms with E-state index in [9.17, 15) is 0 Å². The molecule has 0 saturated carbocycles. The van der Waals surface area contributed by atoms with Crippen LogP contribution in [0.5, 0.6) is 0 Å². The van der Waals surface area contributed by atoms with E-state index in [0.717, 1.165) is 62.4 Å². The molecule has 1 spiro atoms. The van der Waals surface area contributed by atoms with Gasteiger partial charge in [-0.1, -0.05) is 155 Å². The van der Waals surface area contributed by atoms with Crippen LogP contribution in [0.25, 0.3) is 66.1 Å². The molecule has 0 unspecified atom stereocenters. The number of hydrogen-bond donors (Lipinski definition) is 0. The third-order valence-corrected chi connectivity index (χ3v) is 17.1. The van der Waals surface area contributed by atoms with Gasteiger partial charge in [-0.05, 0) is 133 Å². The molecule has 0 radical (unpaired) electrons. The average Bonchev–Trinajstić information content (AvgIpc) is 4.04. The molecule has 0 N–H and O–H groups in total. The Bertz CT molecular complexity index is 4050. The highest BCUT2D eigenvalue weighted by atomic mass is 16.3. The van der Waals surface area contributed by atoms with Gasteiger partial charge < -0.3 is 18.5 Å². The number of hydrogen-bond acceptors (Lipinski definition) is 4. The lowest BCUT2D eigenvalue weighted by molar-refractivity contribution is 0.332. The smallest absolute Gasteiger partial charge is 0.333 e. The summed E-state index contributed by atoms with van der Waals surface area (Å²) in [7, 11) is 0. The van der Waals surface area contributed by atoms with Crippen LogP contribution in [-0.2, 0) is 16.2 Å². The van der Waals surface area contributed by atoms with Gasteiger partial charge in [-0.2, -0.15) is 0 Å². The zero-order valence-corrected chi connectivity index (χ0v) is 38.4. The summed E-state index contributed by atoms with van der Waals surface area (Å²) >= 11 is 0. The average molecular weight is 873 g/mol. The number of fused-ring (bicyclic) bond motifs is 22. The van der Waals surface area contributed by atoms with Crippen molar-refractivity contribution in [1.82, 2.24) is 0 Å². The topological polar surface area (TPSA) is 32.8 Å². The van der Waals surface area contributed by atoms with Gasteiger partial charge in [-0.25, -0.2) is 0 Å². The summed E-state index contributed by atoms with van der Waals surface area (Å²) in [6.07, 6.45) is 2.30. The highest BCUT2D eigenvalue weighted by molar-refractivity contribution is 6.94. The second-order valence-corrected chi connectivity index (χ2v) is 21.3. The molecular weight excluding hydrogens is 828 g/mol. The predicted molar refractivity (Wildman–Crippen MR) is 281 cm³/mol. The molecule has 3 aliphatic heterocycles. The van der Waals surface area contributed by atoms with Crippen molar-refractivity contribution in [2.45, 2.75) is 56.8 Å². The van der Waals surface area contributed by atoms with Crippen LogP contribution < -0.4 is 20.6 Å². The van der Waals surface area contributed by atoms with Crippen LogP contribution in [0.3, 0.4) is 0 Å². The Morgan fingerprint density at radius 2 is 1.09 bits per heavy atom. The minimum Gasteiger partial charge on any atom is -0.456 e. The summed E-state index contributed by atoms with van der Waals surface area (Å²) in [6.45, 7) is 9.52. The van der Waals surface area contributed by atoms with Crippen LogP contribution in [0.2, 0.25) is 0 Å². The summed E-state index contributed by atoms with van der Waals surface area (Å²) in [5.74, 6) is 0. The molecule has 5 aliphatic rings. The standard InChI is InChI=1S/C63H45BN2O2/c1-61(2)32-33-62(3,4)49-34-36(28-30-46(49)61)66-57-40(29-31-54-55(57)41-19-8-14-27-53(41)67-54)42-35-43-39-18-7-13-26-52(39)68-60(43)59-56(42)64(66)50-24-15-23-48-58(50)65(59)51-25-12-11-22-47(51)63(48)44-20-9-5-16-37(44)38-17-6-10-21-45(38)63/h5-31,34-35H,32-33H2,1-4H3. The minimum atomic E-state index is -0.569. The van der Waals surface area contributed by atoms with E-state index in [0.29, 0.717) is 0 Å². The number of furan rings is 2. The zero-order chi connectivity index (χ0) is 45.0. The molecule has 9 aromatic carbocycles. The summed E-state index contributed by atoms with van der Waals surface area (Å²) in [5.41, 5.74) is 24.7. The quantitative estimate of drug-likeness (QED) is 0.154. The number of para-hydroxylation sites is 4. The van der Waals surface area contributed by atoms with Gasteiger partial charge in [-0.15, -0.1) is 0 Å². The van der Waals surface area contributed by atoms with Gasteiger partial charge in [0.25, 0.3) is 0 Å². The molecule has 0 amide bonds. The van der Waals surface area contributed by atoms with Gasteiger partial charge >= 0.3 is 6.85 Å². The highest BCUT2D eigenvalue weighted by Crippen LogP contribution is 2.65. The maximum absolute atomic E-state index is 7.27. The molecule has 4 nitrogen and oxygen atoms in total. The summed E-state index contributed by atoms with van der Waals surface area (Å²) in [5, 5.41) is 4.52. The van der Waals surface area contributed by atoms with E-state index in [1.807, 2.05) is 0 Å². The van der Waals surface area contributed by atoms with Crippen LogP contribution in [0.4, 0.5) is 28.4 Å². The van der Waals surface area contributed by atoms with E-state index < -0.39 is 5.41 Å². The van der Waals surface area contributed by atoms with E-state index in [1.165, 1.54) is 89.3 Å². The fourth-order valence-electron chi connectivity index (χ4n) is 14.0. The molecule has 5 heterocycles. The molecule has 2 aliphatic carbocycles. The van der Waals surface area contributed by atoms with Crippen molar-refractivity contribution in [2.24, 2.45) is 0 Å². The summed E-state index contributed by atoms with van der Waals surface area (Å²) < 4.78 is 14.1. The lowest BCUT2D eigenvalue weighted by Gasteiger charge is -2.51. The summed E-state index contributed by atoms with van der Waals surface area (Å²) in [4.78, 5) is 5.33. The molecule has 16 rings (SSSR count). The van der Waals surface area contributed by atoms with Crippen molar-refractivity contribution in [3.05, 3.63) is 209 Å². The fourth-order valence-corrected chi connectivity index (χ4v) is 14.0. The van der Waals surface area contributed by atoms with E-state index in [1.54, 1.807) is 0 Å². The minimum absolute atomic E-state index is 0.00591. The van der Waals surface area contributed by atoms with Crippen molar-refractivity contribution in [3.63, 3.8) is 0 Å². The lowest BCUT2D eigenvalue weighted by atomic mass is 9.42. The van der Waals surface area contributed by atoms with Gasteiger partial charge in [0.1, 0.15) is 16.7 Å². The molecule has 11 aromatic rings. The van der Waals surface area contributed by atoms with Crippen molar-refractivity contribution < 1.29 is 8.83 Å². The number of benzene rings is 9. The van der Waals surface area contributed by atoms with Crippen LogP contribution >= 0.6 is 0 Å². The zero-order valence-electron chi connectivity index (χ0n) is 38.4. The molecule has 0 bridgehead atoms. The van der Waals surface area contributed by atoms with Crippen molar-refractivity contribution in [1.29, 1.82) is 0 Å². The molecule has 68 heavy (non-hydrogen) atoms. The van der Waals surface area contributed by atoms with Gasteiger partial charge in [0.15, 0.2) is 5.58 Å². The first kappa shape index (κ1) is 37.3. The van der Waals surface area contributed by atoms with Crippen LogP contribution in [0.15, 0.2) is 185 Å². The second kappa shape index (κ2) is 12.4. The van der Waals surface area contributed by atoms with Gasteiger partial charge in [0.05, 0.1) is 22.2 Å². The molecule has 0 fully saturated rings. The van der Waals surface area contributed by atoms with Crippen LogP contribution in [0.1, 0.15) is 73.9 Å². The summed E-state index contributed by atoms with van der Waals surface area (Å²) in [6, 6.07) is 66.3. The van der Waals surface area contributed by atoms with Gasteiger partial charge in [-0.3, -0.25) is 0 Å². The monoisotopic (exact) mass is 872 g/mol.